The number of aromatic nitrogens is 3. The lowest BCUT2D eigenvalue weighted by Crippen LogP contribution is -2.39. The highest BCUT2D eigenvalue weighted by molar-refractivity contribution is 5.81. The van der Waals surface area contributed by atoms with Gasteiger partial charge in [0, 0.05) is 57.5 Å². The number of piperidine rings is 1. The van der Waals surface area contributed by atoms with Gasteiger partial charge in [-0.15, -0.1) is 0 Å². The van der Waals surface area contributed by atoms with Crippen LogP contribution in [0.15, 0.2) is 35.3 Å². The molecule has 0 aliphatic carbocycles. The lowest BCUT2D eigenvalue weighted by molar-refractivity contribution is -0.130. The van der Waals surface area contributed by atoms with E-state index in [1.165, 1.54) is 0 Å². The van der Waals surface area contributed by atoms with Crippen molar-refractivity contribution < 1.29 is 4.79 Å². The van der Waals surface area contributed by atoms with E-state index in [4.69, 9.17) is 10.7 Å². The van der Waals surface area contributed by atoms with Gasteiger partial charge in [0.15, 0.2) is 0 Å². The lowest BCUT2D eigenvalue weighted by Gasteiger charge is -2.32. The summed E-state index contributed by atoms with van der Waals surface area (Å²) in [5.74, 6) is 1.33. The molecule has 2 aromatic heterocycles. The molecule has 1 atom stereocenters. The molecule has 1 aliphatic rings. The summed E-state index contributed by atoms with van der Waals surface area (Å²) < 4.78 is 3.85. The molecule has 3 heterocycles. The first-order chi connectivity index (χ1) is 14.4. The number of hydrogen-bond donors (Lipinski definition) is 1. The van der Waals surface area contributed by atoms with Gasteiger partial charge < -0.3 is 19.8 Å². The average Bonchev–Trinajstić information content (AvgIpc) is 3.09. The molecular formula is C23H29N5O2. The molecule has 7 nitrogen and oxygen atoms in total. The van der Waals surface area contributed by atoms with Crippen LogP contribution in [0.5, 0.6) is 0 Å². The van der Waals surface area contributed by atoms with Gasteiger partial charge in [0.2, 0.25) is 5.91 Å². The molecule has 158 valence electrons. The number of aryl methyl sites for hydroxylation is 2. The number of pyridine rings is 1. The molecule has 1 aromatic carbocycles. The first-order valence-electron chi connectivity index (χ1n) is 10.5. The predicted molar refractivity (Wildman–Crippen MR) is 118 cm³/mol. The topological polar surface area (TPSA) is 86.2 Å². The Balaban J connectivity index is 1.82. The Morgan fingerprint density at radius 1 is 1.30 bits per heavy atom. The summed E-state index contributed by atoms with van der Waals surface area (Å²) in [4.78, 5) is 30.9. The summed E-state index contributed by atoms with van der Waals surface area (Å²) in [5.41, 5.74) is 10.5. The van der Waals surface area contributed by atoms with Gasteiger partial charge in [0.25, 0.3) is 5.56 Å². The van der Waals surface area contributed by atoms with Gasteiger partial charge >= 0.3 is 0 Å². The highest BCUT2D eigenvalue weighted by Gasteiger charge is 2.24. The van der Waals surface area contributed by atoms with Crippen molar-refractivity contribution >= 4 is 16.9 Å². The zero-order valence-corrected chi connectivity index (χ0v) is 17.9. The Labute approximate surface area is 176 Å². The average molecular weight is 408 g/mol. The van der Waals surface area contributed by atoms with E-state index in [1.54, 1.807) is 18.5 Å². The molecule has 0 bridgehead atoms. The van der Waals surface area contributed by atoms with E-state index in [9.17, 15) is 9.59 Å². The molecule has 4 rings (SSSR count). The maximum atomic E-state index is 12.2. The van der Waals surface area contributed by atoms with Gasteiger partial charge in [-0.3, -0.25) is 9.59 Å². The second-order valence-corrected chi connectivity index (χ2v) is 8.37. The molecule has 1 fully saturated rings. The summed E-state index contributed by atoms with van der Waals surface area (Å²) in [7, 11) is 1.77. The van der Waals surface area contributed by atoms with E-state index in [-0.39, 0.29) is 11.5 Å². The molecule has 0 spiro atoms. The van der Waals surface area contributed by atoms with Crippen LogP contribution < -0.4 is 11.3 Å². The Morgan fingerprint density at radius 3 is 2.80 bits per heavy atom. The Bertz CT molecular complexity index is 1130. The molecule has 1 amide bonds. The van der Waals surface area contributed by atoms with Gasteiger partial charge in [-0.25, -0.2) is 4.98 Å². The number of amides is 1. The van der Waals surface area contributed by atoms with Crippen molar-refractivity contribution in [2.24, 2.45) is 18.7 Å². The summed E-state index contributed by atoms with van der Waals surface area (Å²) in [6.45, 7) is 6.30. The van der Waals surface area contributed by atoms with E-state index in [0.717, 1.165) is 60.5 Å². The van der Waals surface area contributed by atoms with Crippen LogP contribution in [-0.2, 0) is 24.9 Å². The van der Waals surface area contributed by atoms with Crippen molar-refractivity contribution in [3.8, 4) is 11.4 Å². The zero-order valence-electron chi connectivity index (χ0n) is 17.9. The minimum atomic E-state index is -0.00351. The van der Waals surface area contributed by atoms with Gasteiger partial charge in [0.05, 0.1) is 11.0 Å². The highest BCUT2D eigenvalue weighted by atomic mass is 16.2. The fourth-order valence-electron chi connectivity index (χ4n) is 4.46. The second-order valence-electron chi connectivity index (χ2n) is 8.37. The smallest absolute Gasteiger partial charge is 0.253 e. The maximum Gasteiger partial charge on any atom is 0.253 e. The molecule has 3 aromatic rings. The highest BCUT2D eigenvalue weighted by Crippen LogP contribution is 2.29. The number of nitrogens with zero attached hydrogens (tertiary/aromatic N) is 4. The third kappa shape index (κ3) is 3.77. The normalized spacial score (nSPS) is 16.9. The molecule has 30 heavy (non-hydrogen) atoms. The third-order valence-electron chi connectivity index (χ3n) is 6.07. The third-order valence-corrected chi connectivity index (χ3v) is 6.07. The van der Waals surface area contributed by atoms with Crippen LogP contribution in [0.1, 0.15) is 30.9 Å². The van der Waals surface area contributed by atoms with E-state index >= 15 is 0 Å². The number of rotatable bonds is 4. The number of nitrogens with two attached hydrogens (primary N) is 1. The SMILES string of the molecule is CC(=O)N1CCC[C@H](Cn2c(-c3cc(C)c(=O)n(C)c3)nc3ccc(CN)cc32)C1. The Hall–Kier alpha value is -2.93. The monoisotopic (exact) mass is 407 g/mol. The van der Waals surface area contributed by atoms with E-state index < -0.39 is 0 Å². The van der Waals surface area contributed by atoms with Crippen LogP contribution in [0.3, 0.4) is 0 Å². The minimum absolute atomic E-state index is 0.00351. The molecular weight excluding hydrogens is 378 g/mol. The summed E-state index contributed by atoms with van der Waals surface area (Å²) in [6, 6.07) is 8.03. The summed E-state index contributed by atoms with van der Waals surface area (Å²) >= 11 is 0. The van der Waals surface area contributed by atoms with E-state index in [1.807, 2.05) is 36.2 Å². The van der Waals surface area contributed by atoms with Crippen LogP contribution in [0, 0.1) is 12.8 Å². The van der Waals surface area contributed by atoms with Gasteiger partial charge in [-0.05, 0) is 49.4 Å². The first-order valence-corrected chi connectivity index (χ1v) is 10.5. The van der Waals surface area contributed by atoms with Gasteiger partial charge in [0.1, 0.15) is 5.82 Å². The van der Waals surface area contributed by atoms with Gasteiger partial charge in [-0.2, -0.15) is 0 Å². The second kappa shape index (κ2) is 8.07. The lowest BCUT2D eigenvalue weighted by atomic mass is 9.97. The Kier molecular flexibility index (Phi) is 5.47. The number of imidazole rings is 1. The van der Waals surface area contributed by atoms with E-state index in [0.29, 0.717) is 18.0 Å². The van der Waals surface area contributed by atoms with Gasteiger partial charge in [-0.1, -0.05) is 6.07 Å². The van der Waals surface area contributed by atoms with E-state index in [2.05, 4.69) is 10.6 Å². The van der Waals surface area contributed by atoms with Crippen molar-refractivity contribution in [1.29, 1.82) is 0 Å². The molecule has 2 N–H and O–H groups in total. The maximum absolute atomic E-state index is 12.2. The van der Waals surface area contributed by atoms with Crippen LogP contribution in [0.2, 0.25) is 0 Å². The molecule has 0 unspecified atom stereocenters. The Morgan fingerprint density at radius 2 is 2.10 bits per heavy atom. The minimum Gasteiger partial charge on any atom is -0.343 e. The van der Waals surface area contributed by atoms with Crippen molar-refractivity contribution in [3.63, 3.8) is 0 Å². The molecule has 7 heteroatoms. The first kappa shape index (κ1) is 20.3. The van der Waals surface area contributed by atoms with Crippen LogP contribution in [0.4, 0.5) is 0 Å². The zero-order chi connectivity index (χ0) is 21.4. The predicted octanol–water partition coefficient (Wildman–Crippen LogP) is 2.43. The van der Waals surface area contributed by atoms with Crippen LogP contribution in [-0.4, -0.2) is 38.0 Å². The van der Waals surface area contributed by atoms with Crippen molar-refractivity contribution in [2.45, 2.75) is 39.8 Å². The fourth-order valence-corrected chi connectivity index (χ4v) is 4.46. The summed E-state index contributed by atoms with van der Waals surface area (Å²) in [5, 5.41) is 0. The quantitative estimate of drug-likeness (QED) is 0.720. The number of fused-ring (bicyclic) bond motifs is 1. The van der Waals surface area contributed by atoms with Crippen LogP contribution in [0.25, 0.3) is 22.4 Å². The van der Waals surface area contributed by atoms with Crippen LogP contribution >= 0.6 is 0 Å². The molecule has 1 saturated heterocycles. The number of carbonyl (C=O) groups is 1. The standard InChI is InChI=1S/C23H29N5O2/c1-15-9-19(14-26(3)23(15)30)22-25-20-7-6-17(11-24)10-21(20)28(22)13-18-5-4-8-27(12-18)16(2)29/h6-7,9-10,14,18H,4-5,8,11-13,24H2,1-3H3/t18-/m0/s1. The number of carbonyl (C=O) groups excluding carboxylic acids is 1. The van der Waals surface area contributed by atoms with Crippen molar-refractivity contribution in [2.75, 3.05) is 13.1 Å². The number of likely N-dealkylation sites (tertiary alicyclic amines) is 1. The van der Waals surface area contributed by atoms with Crippen molar-refractivity contribution in [1.82, 2.24) is 19.0 Å². The molecule has 0 radical (unpaired) electrons. The fraction of sp³-hybridized carbons (Fsp3) is 0.435. The number of hydrogen-bond acceptors (Lipinski definition) is 4. The molecule has 1 aliphatic heterocycles. The molecule has 0 saturated carbocycles. The largest absolute Gasteiger partial charge is 0.343 e. The van der Waals surface area contributed by atoms with Crippen molar-refractivity contribution in [3.05, 3.63) is 51.9 Å². The summed E-state index contributed by atoms with van der Waals surface area (Å²) in [6.07, 6.45) is 3.94. The number of benzene rings is 1.